The molecule has 4 rings (SSSR count). The molecule has 3 N–H and O–H groups in total. The molecule has 0 atom stereocenters. The first-order chi connectivity index (χ1) is 14.2. The molecule has 0 saturated carbocycles. The number of hydrogen-bond acceptors (Lipinski definition) is 7. The topological polar surface area (TPSA) is 95.1 Å². The Hall–Kier alpha value is -3.52. The summed E-state index contributed by atoms with van der Waals surface area (Å²) in [6.07, 6.45) is 1.51. The second-order valence-corrected chi connectivity index (χ2v) is 6.99. The molecule has 2 heterocycles. The number of carbonyl (C=O) groups excluding carboxylic acids is 1. The van der Waals surface area contributed by atoms with Gasteiger partial charge in [-0.3, -0.25) is 9.69 Å². The Morgan fingerprint density at radius 3 is 2.69 bits per heavy atom. The number of aromatic nitrogens is 3. The molecular formula is C21H23N7O. The summed E-state index contributed by atoms with van der Waals surface area (Å²) >= 11 is 0. The normalized spacial score (nSPS) is 15.3. The van der Waals surface area contributed by atoms with Crippen LogP contribution < -0.4 is 16.0 Å². The van der Waals surface area contributed by atoms with Crippen LogP contribution in [0.1, 0.15) is 5.56 Å². The molecule has 0 aliphatic carbocycles. The molecule has 29 heavy (non-hydrogen) atoms. The lowest BCUT2D eigenvalue weighted by atomic mass is 10.2. The maximum atomic E-state index is 12.2. The lowest BCUT2D eigenvalue weighted by molar-refractivity contribution is -0.121. The van der Waals surface area contributed by atoms with Crippen LogP contribution in [-0.2, 0) is 11.3 Å². The van der Waals surface area contributed by atoms with Crippen molar-refractivity contribution in [3.05, 3.63) is 60.4 Å². The van der Waals surface area contributed by atoms with Gasteiger partial charge in [-0.2, -0.15) is 4.98 Å². The number of rotatable bonds is 0. The van der Waals surface area contributed by atoms with Crippen LogP contribution in [0.4, 0.5) is 17.3 Å². The van der Waals surface area contributed by atoms with Gasteiger partial charge in [-0.25, -0.2) is 9.97 Å². The minimum absolute atomic E-state index is 0.00558. The van der Waals surface area contributed by atoms with E-state index in [4.69, 9.17) is 0 Å². The number of carbonyl (C=O) groups is 1. The van der Waals surface area contributed by atoms with Crippen molar-refractivity contribution in [2.24, 2.45) is 0 Å². The van der Waals surface area contributed by atoms with Crippen LogP contribution in [-0.4, -0.2) is 52.4 Å². The van der Waals surface area contributed by atoms with Gasteiger partial charge < -0.3 is 16.0 Å². The van der Waals surface area contributed by atoms with Gasteiger partial charge in [0.05, 0.1) is 6.54 Å². The van der Waals surface area contributed by atoms with Gasteiger partial charge in [-0.05, 0) is 36.9 Å². The van der Waals surface area contributed by atoms with E-state index in [-0.39, 0.29) is 5.91 Å². The summed E-state index contributed by atoms with van der Waals surface area (Å²) in [6, 6.07) is 15.9. The molecule has 1 aliphatic heterocycles. The van der Waals surface area contributed by atoms with Crippen LogP contribution >= 0.6 is 0 Å². The Balaban J connectivity index is 1.66. The van der Waals surface area contributed by atoms with Gasteiger partial charge in [0.25, 0.3) is 0 Å². The van der Waals surface area contributed by atoms with E-state index in [9.17, 15) is 4.79 Å². The lowest BCUT2D eigenvalue weighted by Gasteiger charge is -2.17. The summed E-state index contributed by atoms with van der Waals surface area (Å²) in [4.78, 5) is 27.3. The first kappa shape index (κ1) is 18.8. The first-order valence-corrected chi connectivity index (χ1v) is 9.50. The number of fused-ring (bicyclic) bond motifs is 7. The Labute approximate surface area is 169 Å². The summed E-state index contributed by atoms with van der Waals surface area (Å²) in [5.74, 6) is 1.09. The predicted octanol–water partition coefficient (Wildman–Crippen LogP) is 2.26. The van der Waals surface area contributed by atoms with Crippen molar-refractivity contribution in [1.82, 2.24) is 25.2 Å². The molecule has 0 unspecified atom stereocenters. The number of nitrogens with zero attached hydrogens (tertiary/aromatic N) is 4. The van der Waals surface area contributed by atoms with Gasteiger partial charge in [0.15, 0.2) is 5.82 Å². The molecular weight excluding hydrogens is 366 g/mol. The summed E-state index contributed by atoms with van der Waals surface area (Å²) in [6.45, 7) is 2.18. The third-order valence-electron chi connectivity index (χ3n) is 4.52. The van der Waals surface area contributed by atoms with E-state index in [0.717, 1.165) is 22.5 Å². The summed E-state index contributed by atoms with van der Waals surface area (Å²) in [5.41, 5.74) is 3.81. The molecule has 1 aliphatic rings. The Kier molecular flexibility index (Phi) is 5.62. The molecule has 8 nitrogen and oxygen atoms in total. The zero-order valence-corrected chi connectivity index (χ0v) is 16.2. The monoisotopic (exact) mass is 389 g/mol. The highest BCUT2D eigenvalue weighted by Gasteiger charge is 2.09. The SMILES string of the molecule is CN1CC(=O)NCCNc2cccc(c2)-c2ncnc(n2)Nc2cccc(c2)C1. The predicted molar refractivity (Wildman–Crippen MR) is 113 cm³/mol. The first-order valence-electron chi connectivity index (χ1n) is 9.50. The van der Waals surface area contributed by atoms with Crippen molar-refractivity contribution in [3.63, 3.8) is 0 Å². The van der Waals surface area contributed by atoms with Crippen molar-refractivity contribution in [3.8, 4) is 11.4 Å². The number of likely N-dealkylation sites (N-methyl/N-ethyl adjacent to an activating group) is 1. The average molecular weight is 389 g/mol. The van der Waals surface area contributed by atoms with Crippen molar-refractivity contribution < 1.29 is 4.79 Å². The minimum atomic E-state index is 0.00558. The Bertz CT molecular complexity index is 1010. The summed E-state index contributed by atoms with van der Waals surface area (Å²) in [5, 5.41) is 9.51. The highest BCUT2D eigenvalue weighted by Crippen LogP contribution is 2.21. The zero-order valence-electron chi connectivity index (χ0n) is 16.2. The Morgan fingerprint density at radius 2 is 1.76 bits per heavy atom. The van der Waals surface area contributed by atoms with Crippen molar-refractivity contribution in [2.75, 3.05) is 37.3 Å². The van der Waals surface area contributed by atoms with E-state index >= 15 is 0 Å². The molecule has 0 radical (unpaired) electrons. The van der Waals surface area contributed by atoms with Crippen molar-refractivity contribution in [1.29, 1.82) is 0 Å². The van der Waals surface area contributed by atoms with Gasteiger partial charge in [0.2, 0.25) is 11.9 Å². The molecule has 0 spiro atoms. The van der Waals surface area contributed by atoms with E-state index in [1.807, 2.05) is 60.5 Å². The van der Waals surface area contributed by atoms with Gasteiger partial charge in [0, 0.05) is 36.6 Å². The number of anilines is 3. The number of amides is 1. The second kappa shape index (κ2) is 8.66. The fourth-order valence-corrected chi connectivity index (χ4v) is 3.22. The molecule has 8 heteroatoms. The summed E-state index contributed by atoms with van der Waals surface area (Å²) < 4.78 is 0. The van der Waals surface area contributed by atoms with E-state index < -0.39 is 0 Å². The van der Waals surface area contributed by atoms with Crippen LogP contribution in [0.3, 0.4) is 0 Å². The van der Waals surface area contributed by atoms with Gasteiger partial charge in [-0.15, -0.1) is 0 Å². The van der Waals surface area contributed by atoms with Crippen molar-refractivity contribution in [2.45, 2.75) is 6.54 Å². The molecule has 3 aromatic rings. The van der Waals surface area contributed by atoms with E-state index in [1.54, 1.807) is 0 Å². The zero-order chi connectivity index (χ0) is 20.1. The quantitative estimate of drug-likeness (QED) is 0.543. The average Bonchev–Trinajstić information content (AvgIpc) is 2.71. The third-order valence-corrected chi connectivity index (χ3v) is 4.52. The standard InChI is InChI=1S/C21H23N7O/c1-28-12-15-4-2-7-18(10-15)26-21-25-14-24-20(27-21)16-5-3-6-17(11-16)22-8-9-23-19(29)13-28/h2-7,10-11,14,22H,8-9,12-13H2,1H3,(H,23,29)(H,24,25,26,27). The van der Waals surface area contributed by atoms with Crippen LogP contribution in [0.25, 0.3) is 11.4 Å². The van der Waals surface area contributed by atoms with Crippen LogP contribution in [0.5, 0.6) is 0 Å². The molecule has 0 saturated heterocycles. The maximum absolute atomic E-state index is 12.2. The largest absolute Gasteiger partial charge is 0.383 e. The fraction of sp³-hybridized carbons (Fsp3) is 0.238. The van der Waals surface area contributed by atoms with Crippen LogP contribution in [0.15, 0.2) is 54.9 Å². The molecule has 0 fully saturated rings. The van der Waals surface area contributed by atoms with Crippen molar-refractivity contribution >= 4 is 23.2 Å². The molecule has 6 bridgehead atoms. The number of nitrogens with one attached hydrogen (secondary N) is 3. The van der Waals surface area contributed by atoms with E-state index in [2.05, 4.69) is 30.9 Å². The number of benzene rings is 2. The fourth-order valence-electron chi connectivity index (χ4n) is 3.22. The Morgan fingerprint density at radius 1 is 0.931 bits per heavy atom. The van der Waals surface area contributed by atoms with E-state index in [0.29, 0.717) is 38.0 Å². The molecule has 148 valence electrons. The van der Waals surface area contributed by atoms with Gasteiger partial charge >= 0.3 is 0 Å². The highest BCUT2D eigenvalue weighted by molar-refractivity contribution is 5.78. The van der Waals surface area contributed by atoms with E-state index in [1.165, 1.54) is 6.33 Å². The number of hydrogen-bond donors (Lipinski definition) is 3. The summed E-state index contributed by atoms with van der Waals surface area (Å²) in [7, 11) is 1.93. The highest BCUT2D eigenvalue weighted by atomic mass is 16.2. The van der Waals surface area contributed by atoms with Gasteiger partial charge in [-0.1, -0.05) is 24.3 Å². The van der Waals surface area contributed by atoms with Gasteiger partial charge in [0.1, 0.15) is 6.33 Å². The van der Waals surface area contributed by atoms with Crippen LogP contribution in [0.2, 0.25) is 0 Å². The third kappa shape index (κ3) is 5.05. The second-order valence-electron chi connectivity index (χ2n) is 6.99. The molecule has 1 amide bonds. The molecule has 2 aromatic carbocycles. The molecule has 1 aromatic heterocycles. The minimum Gasteiger partial charge on any atom is -0.383 e. The smallest absolute Gasteiger partial charge is 0.234 e. The van der Waals surface area contributed by atoms with Crippen LogP contribution in [0, 0.1) is 0 Å². The lowest BCUT2D eigenvalue weighted by Crippen LogP contribution is -2.37. The maximum Gasteiger partial charge on any atom is 0.234 e.